The van der Waals surface area contributed by atoms with Crippen LogP contribution in [0.1, 0.15) is 5.56 Å². The molecule has 0 spiro atoms. The van der Waals surface area contributed by atoms with Crippen LogP contribution in [0, 0.1) is 0 Å². The molecular weight excluding hydrogens is 342 g/mol. The summed E-state index contributed by atoms with van der Waals surface area (Å²) in [5.41, 5.74) is 2.10. The maximum absolute atomic E-state index is 6.21. The molecule has 1 heterocycles. The molecule has 0 saturated carbocycles. The van der Waals surface area contributed by atoms with Crippen molar-refractivity contribution in [1.29, 1.82) is 0 Å². The van der Waals surface area contributed by atoms with Crippen molar-refractivity contribution < 1.29 is 9.47 Å². The fourth-order valence-electron chi connectivity index (χ4n) is 2.07. The third-order valence-electron chi connectivity index (χ3n) is 2.98. The van der Waals surface area contributed by atoms with Crippen molar-refractivity contribution in [2.24, 2.45) is 0 Å². The minimum absolute atomic E-state index is 0.544. The first-order valence-corrected chi connectivity index (χ1v) is 7.47. The molecule has 0 amide bonds. The Morgan fingerprint density at radius 2 is 2.00 bits per heavy atom. The molecule has 1 aliphatic rings. The van der Waals surface area contributed by atoms with Crippen LogP contribution in [0.3, 0.4) is 0 Å². The summed E-state index contributed by atoms with van der Waals surface area (Å²) in [7, 11) is 0. The number of rotatable bonds is 3. The van der Waals surface area contributed by atoms with E-state index in [0.717, 1.165) is 21.5 Å². The predicted molar refractivity (Wildman–Crippen MR) is 83.9 cm³/mol. The van der Waals surface area contributed by atoms with E-state index in [0.29, 0.717) is 30.5 Å². The van der Waals surface area contributed by atoms with Gasteiger partial charge in [-0.15, -0.1) is 0 Å². The SMILES string of the molecule is Clc1cc(CNc2cccc(Br)c2)cc2c1OCCO2. The third-order valence-corrected chi connectivity index (χ3v) is 3.75. The number of hydrogen-bond acceptors (Lipinski definition) is 3. The Hall–Kier alpha value is -1.39. The molecule has 0 bridgehead atoms. The summed E-state index contributed by atoms with van der Waals surface area (Å²) >= 11 is 9.67. The Balaban J connectivity index is 1.76. The Morgan fingerprint density at radius 3 is 2.85 bits per heavy atom. The summed E-state index contributed by atoms with van der Waals surface area (Å²) in [5, 5.41) is 3.94. The number of halogens is 2. The molecule has 3 nitrogen and oxygen atoms in total. The fourth-order valence-corrected chi connectivity index (χ4v) is 2.76. The zero-order chi connectivity index (χ0) is 13.9. The number of anilines is 1. The molecule has 104 valence electrons. The van der Waals surface area contributed by atoms with Gasteiger partial charge in [0.25, 0.3) is 0 Å². The maximum Gasteiger partial charge on any atom is 0.179 e. The smallest absolute Gasteiger partial charge is 0.179 e. The molecule has 5 heteroatoms. The van der Waals surface area contributed by atoms with E-state index in [2.05, 4.69) is 21.2 Å². The van der Waals surface area contributed by atoms with Gasteiger partial charge in [-0.1, -0.05) is 33.6 Å². The largest absolute Gasteiger partial charge is 0.486 e. The van der Waals surface area contributed by atoms with Crippen LogP contribution in [-0.2, 0) is 6.54 Å². The number of hydrogen-bond donors (Lipinski definition) is 1. The van der Waals surface area contributed by atoms with Crippen LogP contribution in [0.2, 0.25) is 5.02 Å². The molecule has 3 rings (SSSR count). The lowest BCUT2D eigenvalue weighted by Gasteiger charge is -2.20. The summed E-state index contributed by atoms with van der Waals surface area (Å²) in [6.45, 7) is 1.78. The van der Waals surface area contributed by atoms with Crippen molar-refractivity contribution in [2.75, 3.05) is 18.5 Å². The molecular formula is C15H13BrClNO2. The number of ether oxygens (including phenoxy) is 2. The van der Waals surface area contributed by atoms with Crippen LogP contribution in [-0.4, -0.2) is 13.2 Å². The molecule has 0 aromatic heterocycles. The Labute approximate surface area is 131 Å². The van der Waals surface area contributed by atoms with Crippen LogP contribution in [0.25, 0.3) is 0 Å². The van der Waals surface area contributed by atoms with Gasteiger partial charge in [-0.25, -0.2) is 0 Å². The summed E-state index contributed by atoms with van der Waals surface area (Å²) < 4.78 is 12.1. The molecule has 0 unspecified atom stereocenters. The topological polar surface area (TPSA) is 30.5 Å². The average molecular weight is 355 g/mol. The Morgan fingerprint density at radius 1 is 1.15 bits per heavy atom. The second-order valence-electron chi connectivity index (χ2n) is 4.47. The van der Waals surface area contributed by atoms with Gasteiger partial charge in [0.05, 0.1) is 5.02 Å². The van der Waals surface area contributed by atoms with Crippen molar-refractivity contribution in [2.45, 2.75) is 6.54 Å². The average Bonchev–Trinajstić information content (AvgIpc) is 2.45. The monoisotopic (exact) mass is 353 g/mol. The zero-order valence-corrected chi connectivity index (χ0v) is 13.0. The third kappa shape index (κ3) is 3.02. The molecule has 0 saturated heterocycles. The molecule has 2 aromatic rings. The highest BCUT2D eigenvalue weighted by atomic mass is 79.9. The molecule has 0 atom stereocenters. The quantitative estimate of drug-likeness (QED) is 0.881. The fraction of sp³-hybridized carbons (Fsp3) is 0.200. The van der Waals surface area contributed by atoms with Crippen LogP contribution in [0.15, 0.2) is 40.9 Å². The Bertz CT molecular complexity index is 633. The van der Waals surface area contributed by atoms with Crippen molar-refractivity contribution >= 4 is 33.2 Å². The van der Waals surface area contributed by atoms with Crippen LogP contribution in [0.5, 0.6) is 11.5 Å². The lowest BCUT2D eigenvalue weighted by molar-refractivity contribution is 0.171. The van der Waals surface area contributed by atoms with Crippen molar-refractivity contribution in [3.8, 4) is 11.5 Å². The van der Waals surface area contributed by atoms with E-state index < -0.39 is 0 Å². The van der Waals surface area contributed by atoms with Gasteiger partial charge in [0, 0.05) is 16.7 Å². The van der Waals surface area contributed by atoms with Gasteiger partial charge < -0.3 is 14.8 Å². The number of fused-ring (bicyclic) bond motifs is 1. The van der Waals surface area contributed by atoms with Gasteiger partial charge in [-0.3, -0.25) is 0 Å². The predicted octanol–water partition coefficient (Wildman–Crippen LogP) is 4.49. The van der Waals surface area contributed by atoms with E-state index in [1.54, 1.807) is 0 Å². The van der Waals surface area contributed by atoms with Crippen LogP contribution >= 0.6 is 27.5 Å². The molecule has 0 aliphatic carbocycles. The standard InChI is InChI=1S/C15H13BrClNO2/c16-11-2-1-3-12(8-11)18-9-10-6-13(17)15-14(7-10)19-4-5-20-15/h1-3,6-8,18H,4-5,9H2. The molecule has 1 N–H and O–H groups in total. The van der Waals surface area contributed by atoms with Gasteiger partial charge in [-0.05, 0) is 35.9 Å². The van der Waals surface area contributed by atoms with Crippen molar-refractivity contribution in [3.05, 3.63) is 51.5 Å². The van der Waals surface area contributed by atoms with Crippen LogP contribution < -0.4 is 14.8 Å². The second-order valence-corrected chi connectivity index (χ2v) is 5.79. The highest BCUT2D eigenvalue weighted by molar-refractivity contribution is 9.10. The first kappa shape index (κ1) is 13.6. The van der Waals surface area contributed by atoms with E-state index in [-0.39, 0.29) is 0 Å². The number of benzene rings is 2. The summed E-state index contributed by atoms with van der Waals surface area (Å²) in [6.07, 6.45) is 0. The summed E-state index contributed by atoms with van der Waals surface area (Å²) in [4.78, 5) is 0. The summed E-state index contributed by atoms with van der Waals surface area (Å²) in [6, 6.07) is 11.9. The van der Waals surface area contributed by atoms with Crippen molar-refractivity contribution in [3.63, 3.8) is 0 Å². The van der Waals surface area contributed by atoms with E-state index >= 15 is 0 Å². The summed E-state index contributed by atoms with van der Waals surface area (Å²) in [5.74, 6) is 1.36. The lowest BCUT2D eigenvalue weighted by atomic mass is 10.2. The van der Waals surface area contributed by atoms with E-state index in [1.165, 1.54) is 0 Å². The molecule has 0 radical (unpaired) electrons. The minimum Gasteiger partial charge on any atom is -0.486 e. The zero-order valence-electron chi connectivity index (χ0n) is 10.7. The maximum atomic E-state index is 6.21. The first-order chi connectivity index (χ1) is 9.72. The van der Waals surface area contributed by atoms with E-state index in [1.807, 2.05) is 36.4 Å². The molecule has 1 aliphatic heterocycles. The molecule has 0 fully saturated rings. The van der Waals surface area contributed by atoms with Gasteiger partial charge in [0.2, 0.25) is 0 Å². The lowest BCUT2D eigenvalue weighted by Crippen LogP contribution is -2.16. The molecule has 2 aromatic carbocycles. The van der Waals surface area contributed by atoms with Gasteiger partial charge in [0.1, 0.15) is 13.2 Å². The highest BCUT2D eigenvalue weighted by Crippen LogP contribution is 2.38. The first-order valence-electron chi connectivity index (χ1n) is 6.30. The van der Waals surface area contributed by atoms with Gasteiger partial charge >= 0.3 is 0 Å². The second kappa shape index (κ2) is 5.94. The van der Waals surface area contributed by atoms with Crippen LogP contribution in [0.4, 0.5) is 5.69 Å². The highest BCUT2D eigenvalue weighted by Gasteiger charge is 2.16. The van der Waals surface area contributed by atoms with E-state index in [9.17, 15) is 0 Å². The van der Waals surface area contributed by atoms with Crippen molar-refractivity contribution in [1.82, 2.24) is 0 Å². The molecule has 20 heavy (non-hydrogen) atoms. The normalized spacial score (nSPS) is 13.1. The Kier molecular flexibility index (Phi) is 4.03. The number of nitrogens with one attached hydrogen (secondary N) is 1. The minimum atomic E-state index is 0.544. The van der Waals surface area contributed by atoms with E-state index in [4.69, 9.17) is 21.1 Å². The van der Waals surface area contributed by atoms with Gasteiger partial charge in [0.15, 0.2) is 11.5 Å². The van der Waals surface area contributed by atoms with Gasteiger partial charge in [-0.2, -0.15) is 0 Å².